The molecule has 0 atom stereocenters. The van der Waals surface area contributed by atoms with Crippen LogP contribution in [0.1, 0.15) is 10.4 Å². The third-order valence-electron chi connectivity index (χ3n) is 2.46. The molecule has 92 valence electrons. The van der Waals surface area contributed by atoms with Crippen molar-refractivity contribution in [3.05, 3.63) is 23.9 Å². The van der Waals surface area contributed by atoms with Crippen molar-refractivity contribution in [1.82, 2.24) is 15.4 Å². The number of nitrogens with one attached hydrogen (secondary N) is 2. The van der Waals surface area contributed by atoms with E-state index in [1.165, 1.54) is 0 Å². The summed E-state index contributed by atoms with van der Waals surface area (Å²) >= 11 is 0. The number of amides is 1. The molecule has 1 fully saturated rings. The zero-order valence-corrected chi connectivity index (χ0v) is 9.35. The summed E-state index contributed by atoms with van der Waals surface area (Å²) in [6.45, 7) is 2.60. The molecule has 0 unspecified atom stereocenters. The van der Waals surface area contributed by atoms with E-state index in [1.54, 1.807) is 18.3 Å². The Hall–Kier alpha value is -1.70. The number of anilines is 1. The normalized spacial score (nSPS) is 16.5. The number of ether oxygens (including phenoxy) is 1. The number of nitrogens with two attached hydrogens (primary N) is 1. The third kappa shape index (κ3) is 2.90. The number of morpholine rings is 1. The maximum absolute atomic E-state index is 12.0. The molecule has 0 saturated carbocycles. The van der Waals surface area contributed by atoms with Crippen LogP contribution in [0, 0.1) is 0 Å². The van der Waals surface area contributed by atoms with Crippen LogP contribution in [-0.2, 0) is 4.74 Å². The van der Waals surface area contributed by atoms with E-state index in [4.69, 9.17) is 10.6 Å². The molecule has 0 aromatic carbocycles. The summed E-state index contributed by atoms with van der Waals surface area (Å²) in [6.07, 6.45) is 1.57. The molecule has 0 bridgehead atoms. The molecule has 7 nitrogen and oxygen atoms in total. The van der Waals surface area contributed by atoms with E-state index < -0.39 is 0 Å². The van der Waals surface area contributed by atoms with Gasteiger partial charge in [-0.2, -0.15) is 0 Å². The minimum absolute atomic E-state index is 0.229. The van der Waals surface area contributed by atoms with Gasteiger partial charge in [0.1, 0.15) is 0 Å². The second-order valence-electron chi connectivity index (χ2n) is 3.58. The Kier molecular flexibility index (Phi) is 3.86. The summed E-state index contributed by atoms with van der Waals surface area (Å²) < 4.78 is 5.19. The van der Waals surface area contributed by atoms with E-state index in [2.05, 4.69) is 15.8 Å². The van der Waals surface area contributed by atoms with Gasteiger partial charge >= 0.3 is 0 Å². The topological polar surface area (TPSA) is 92.5 Å². The monoisotopic (exact) mass is 237 g/mol. The smallest absolute Gasteiger partial charge is 0.269 e. The van der Waals surface area contributed by atoms with Crippen molar-refractivity contribution in [3.63, 3.8) is 0 Å². The molecule has 1 amide bonds. The molecule has 7 heteroatoms. The summed E-state index contributed by atoms with van der Waals surface area (Å²) in [7, 11) is 0. The van der Waals surface area contributed by atoms with Crippen LogP contribution in [0.3, 0.4) is 0 Å². The van der Waals surface area contributed by atoms with E-state index in [-0.39, 0.29) is 5.91 Å². The molecule has 1 aliphatic rings. The van der Waals surface area contributed by atoms with Crippen LogP contribution in [0.2, 0.25) is 0 Å². The SMILES string of the molecule is NNc1ncccc1C(=O)NN1CCOCC1. The Morgan fingerprint density at radius 3 is 2.94 bits per heavy atom. The molecule has 1 aromatic rings. The van der Waals surface area contributed by atoms with Gasteiger partial charge in [0.25, 0.3) is 5.91 Å². The van der Waals surface area contributed by atoms with Gasteiger partial charge in [-0.25, -0.2) is 15.8 Å². The predicted octanol–water partition coefficient (Wildman–Crippen LogP) is -0.656. The summed E-state index contributed by atoms with van der Waals surface area (Å²) in [4.78, 5) is 15.9. The Bertz CT molecular complexity index is 392. The maximum atomic E-state index is 12.0. The van der Waals surface area contributed by atoms with Crippen LogP contribution >= 0.6 is 0 Å². The van der Waals surface area contributed by atoms with Crippen molar-refractivity contribution in [2.45, 2.75) is 0 Å². The van der Waals surface area contributed by atoms with Crippen LogP contribution in [0.15, 0.2) is 18.3 Å². The lowest BCUT2D eigenvalue weighted by Crippen LogP contribution is -2.48. The molecule has 1 aliphatic heterocycles. The summed E-state index contributed by atoms with van der Waals surface area (Å²) in [6, 6.07) is 3.35. The van der Waals surface area contributed by atoms with Gasteiger partial charge in [0.2, 0.25) is 0 Å². The van der Waals surface area contributed by atoms with E-state index in [9.17, 15) is 4.79 Å². The lowest BCUT2D eigenvalue weighted by Gasteiger charge is -2.27. The van der Waals surface area contributed by atoms with Crippen LogP contribution in [-0.4, -0.2) is 42.2 Å². The van der Waals surface area contributed by atoms with Crippen molar-refractivity contribution >= 4 is 11.7 Å². The first-order valence-corrected chi connectivity index (χ1v) is 5.36. The number of carbonyl (C=O) groups excluding carboxylic acids is 1. The number of rotatable bonds is 3. The van der Waals surface area contributed by atoms with Gasteiger partial charge in [-0.3, -0.25) is 10.2 Å². The van der Waals surface area contributed by atoms with Crippen molar-refractivity contribution in [2.75, 3.05) is 31.7 Å². The largest absolute Gasteiger partial charge is 0.379 e. The maximum Gasteiger partial charge on any atom is 0.269 e. The summed E-state index contributed by atoms with van der Waals surface area (Å²) in [5.41, 5.74) is 5.61. The standard InChI is InChI=1S/C10H15N5O2/c11-13-9-8(2-1-3-12-9)10(16)14-15-4-6-17-7-5-15/h1-3H,4-7,11H2,(H,12,13)(H,14,16). The summed E-state index contributed by atoms with van der Waals surface area (Å²) in [5.74, 6) is 5.43. The van der Waals surface area contributed by atoms with E-state index in [0.717, 1.165) is 0 Å². The van der Waals surface area contributed by atoms with Crippen molar-refractivity contribution in [2.24, 2.45) is 5.84 Å². The second kappa shape index (κ2) is 5.58. The lowest BCUT2D eigenvalue weighted by atomic mass is 10.2. The minimum atomic E-state index is -0.229. The highest BCUT2D eigenvalue weighted by molar-refractivity contribution is 5.98. The van der Waals surface area contributed by atoms with Gasteiger partial charge in [0.05, 0.1) is 18.8 Å². The zero-order chi connectivity index (χ0) is 12.1. The lowest BCUT2D eigenvalue weighted by molar-refractivity contribution is 0.0126. The molecule has 2 heterocycles. The second-order valence-corrected chi connectivity index (χ2v) is 3.58. The Balaban J connectivity index is 2.03. The molecule has 1 aromatic heterocycles. The van der Waals surface area contributed by atoms with Crippen molar-refractivity contribution in [1.29, 1.82) is 0 Å². The summed E-state index contributed by atoms with van der Waals surface area (Å²) in [5, 5.41) is 1.82. The molecule has 2 rings (SSSR count). The van der Waals surface area contributed by atoms with Gasteiger partial charge < -0.3 is 10.2 Å². The minimum Gasteiger partial charge on any atom is -0.379 e. The predicted molar refractivity (Wildman–Crippen MR) is 61.9 cm³/mol. The Labute approximate surface area is 98.9 Å². The molecular weight excluding hydrogens is 222 g/mol. The van der Waals surface area contributed by atoms with Crippen LogP contribution < -0.4 is 16.7 Å². The highest BCUT2D eigenvalue weighted by Gasteiger charge is 2.16. The third-order valence-corrected chi connectivity index (χ3v) is 2.46. The molecule has 1 saturated heterocycles. The number of nitrogen functional groups attached to an aromatic ring is 1. The first-order valence-electron chi connectivity index (χ1n) is 5.36. The molecule has 0 radical (unpaired) electrons. The number of nitrogens with zero attached hydrogens (tertiary/aromatic N) is 2. The van der Waals surface area contributed by atoms with Crippen LogP contribution in [0.5, 0.6) is 0 Å². The quantitative estimate of drug-likeness (QED) is 0.477. The highest BCUT2D eigenvalue weighted by atomic mass is 16.5. The van der Waals surface area contributed by atoms with Crippen molar-refractivity contribution in [3.8, 4) is 0 Å². The van der Waals surface area contributed by atoms with Gasteiger partial charge in [0, 0.05) is 19.3 Å². The van der Waals surface area contributed by atoms with Crippen molar-refractivity contribution < 1.29 is 9.53 Å². The zero-order valence-electron chi connectivity index (χ0n) is 9.35. The first-order chi connectivity index (χ1) is 8.31. The molecule has 4 N–H and O–H groups in total. The number of hydrogen-bond acceptors (Lipinski definition) is 6. The Morgan fingerprint density at radius 1 is 1.47 bits per heavy atom. The van der Waals surface area contributed by atoms with Crippen LogP contribution in [0.4, 0.5) is 5.82 Å². The van der Waals surface area contributed by atoms with Gasteiger partial charge in [0.15, 0.2) is 5.82 Å². The van der Waals surface area contributed by atoms with Crippen LogP contribution in [0.25, 0.3) is 0 Å². The van der Waals surface area contributed by atoms with Gasteiger partial charge in [-0.05, 0) is 12.1 Å². The Morgan fingerprint density at radius 2 is 2.24 bits per heavy atom. The van der Waals surface area contributed by atoms with E-state index in [0.29, 0.717) is 37.7 Å². The fraction of sp³-hybridized carbons (Fsp3) is 0.400. The first kappa shape index (κ1) is 11.8. The molecule has 0 aliphatic carbocycles. The molecule has 17 heavy (non-hydrogen) atoms. The van der Waals surface area contributed by atoms with Gasteiger partial charge in [-0.1, -0.05) is 0 Å². The fourth-order valence-electron chi connectivity index (χ4n) is 1.58. The number of aromatic nitrogens is 1. The fourth-order valence-corrected chi connectivity index (χ4v) is 1.58. The average molecular weight is 237 g/mol. The van der Waals surface area contributed by atoms with Gasteiger partial charge in [-0.15, -0.1) is 0 Å². The number of hydrazine groups is 2. The van der Waals surface area contributed by atoms with E-state index >= 15 is 0 Å². The molecular formula is C10H15N5O2. The highest BCUT2D eigenvalue weighted by Crippen LogP contribution is 2.09. The average Bonchev–Trinajstić information content (AvgIpc) is 2.40. The van der Waals surface area contributed by atoms with E-state index in [1.807, 2.05) is 5.01 Å². The molecule has 0 spiro atoms. The number of carbonyl (C=O) groups is 1. The number of hydrogen-bond donors (Lipinski definition) is 3. The number of pyridine rings is 1.